The van der Waals surface area contributed by atoms with Gasteiger partial charge in [0.1, 0.15) is 6.33 Å². The number of thioether (sulfide) groups is 1. The van der Waals surface area contributed by atoms with Gasteiger partial charge in [-0.1, -0.05) is 57.7 Å². The van der Waals surface area contributed by atoms with Crippen molar-refractivity contribution in [3.63, 3.8) is 0 Å². The van der Waals surface area contributed by atoms with Gasteiger partial charge in [-0.15, -0.1) is 10.2 Å². The van der Waals surface area contributed by atoms with E-state index in [1.807, 2.05) is 4.57 Å². The third-order valence-electron chi connectivity index (χ3n) is 4.09. The molecule has 1 aromatic carbocycles. The lowest BCUT2D eigenvalue weighted by molar-refractivity contribution is -0.113. The van der Waals surface area contributed by atoms with Crippen molar-refractivity contribution in [2.75, 3.05) is 24.8 Å². The number of carbonyl (C=O) groups is 1. The zero-order valence-corrected chi connectivity index (χ0v) is 17.0. The molecular weight excluding hydrogens is 348 g/mol. The van der Waals surface area contributed by atoms with E-state index >= 15 is 0 Å². The maximum Gasteiger partial charge on any atom is 0.234 e. The average Bonchev–Trinajstić information content (AvgIpc) is 3.05. The van der Waals surface area contributed by atoms with Gasteiger partial charge in [0.2, 0.25) is 5.91 Å². The van der Waals surface area contributed by atoms with E-state index in [1.54, 1.807) is 13.4 Å². The number of amides is 1. The summed E-state index contributed by atoms with van der Waals surface area (Å²) in [7, 11) is 1.66. The van der Waals surface area contributed by atoms with Crippen molar-refractivity contribution in [3.05, 3.63) is 35.7 Å². The van der Waals surface area contributed by atoms with Crippen molar-refractivity contribution < 1.29 is 9.53 Å². The number of para-hydroxylation sites is 1. The Bertz CT molecular complexity index is 702. The summed E-state index contributed by atoms with van der Waals surface area (Å²) >= 11 is 1.38. The molecule has 0 saturated heterocycles. The van der Waals surface area contributed by atoms with E-state index < -0.39 is 0 Å². The number of nitrogens with one attached hydrogen (secondary N) is 1. The van der Waals surface area contributed by atoms with Crippen LogP contribution in [0.4, 0.5) is 5.69 Å². The third kappa shape index (κ3) is 5.32. The summed E-state index contributed by atoms with van der Waals surface area (Å²) in [6, 6.07) is 6.23. The highest BCUT2D eigenvalue weighted by Crippen LogP contribution is 2.32. The van der Waals surface area contributed by atoms with Gasteiger partial charge < -0.3 is 14.6 Å². The van der Waals surface area contributed by atoms with Gasteiger partial charge in [-0.25, -0.2) is 0 Å². The monoisotopic (exact) mass is 376 g/mol. The quantitative estimate of drug-likeness (QED) is 0.672. The second-order valence-electron chi connectivity index (χ2n) is 6.76. The molecule has 0 spiro atoms. The van der Waals surface area contributed by atoms with Gasteiger partial charge >= 0.3 is 0 Å². The van der Waals surface area contributed by atoms with Crippen LogP contribution in [0.5, 0.6) is 0 Å². The normalized spacial score (nSPS) is 11.3. The predicted octanol–water partition coefficient (Wildman–Crippen LogP) is 3.90. The molecule has 0 radical (unpaired) electrons. The average molecular weight is 377 g/mol. The van der Waals surface area contributed by atoms with E-state index in [0.29, 0.717) is 25.0 Å². The number of methoxy groups -OCH3 is 1. The molecule has 0 aliphatic heterocycles. The number of carbonyl (C=O) groups excluding carboxylic acids is 1. The molecule has 1 N–H and O–H groups in total. The summed E-state index contributed by atoms with van der Waals surface area (Å²) < 4.78 is 6.97. The van der Waals surface area contributed by atoms with Crippen LogP contribution in [0.25, 0.3) is 0 Å². The largest absolute Gasteiger partial charge is 0.383 e. The summed E-state index contributed by atoms with van der Waals surface area (Å²) in [5.41, 5.74) is 3.28. The first kappa shape index (κ1) is 20.5. The van der Waals surface area contributed by atoms with Crippen molar-refractivity contribution in [1.29, 1.82) is 0 Å². The Morgan fingerprint density at radius 3 is 2.46 bits per heavy atom. The van der Waals surface area contributed by atoms with Crippen molar-refractivity contribution in [2.24, 2.45) is 0 Å². The molecule has 142 valence electrons. The van der Waals surface area contributed by atoms with Crippen LogP contribution in [0.1, 0.15) is 50.7 Å². The van der Waals surface area contributed by atoms with Crippen LogP contribution in [0, 0.1) is 0 Å². The first-order valence-electron chi connectivity index (χ1n) is 8.86. The molecule has 1 aromatic heterocycles. The molecule has 1 amide bonds. The Labute approximate surface area is 159 Å². The van der Waals surface area contributed by atoms with Crippen LogP contribution in [-0.4, -0.2) is 40.1 Å². The number of ether oxygens (including phenoxy) is 1. The lowest BCUT2D eigenvalue weighted by Crippen LogP contribution is -2.18. The Morgan fingerprint density at radius 1 is 1.23 bits per heavy atom. The molecule has 7 heteroatoms. The van der Waals surface area contributed by atoms with E-state index in [1.165, 1.54) is 11.8 Å². The fourth-order valence-corrected chi connectivity index (χ4v) is 3.44. The fourth-order valence-electron chi connectivity index (χ4n) is 2.70. The van der Waals surface area contributed by atoms with Crippen molar-refractivity contribution in [1.82, 2.24) is 14.8 Å². The van der Waals surface area contributed by atoms with E-state index in [4.69, 9.17) is 4.74 Å². The molecule has 26 heavy (non-hydrogen) atoms. The number of nitrogens with zero attached hydrogens (tertiary/aromatic N) is 3. The molecule has 0 aliphatic carbocycles. The van der Waals surface area contributed by atoms with E-state index in [0.717, 1.165) is 22.0 Å². The molecule has 6 nitrogen and oxygen atoms in total. The van der Waals surface area contributed by atoms with Gasteiger partial charge in [0.15, 0.2) is 5.16 Å². The first-order valence-corrected chi connectivity index (χ1v) is 9.84. The zero-order valence-electron chi connectivity index (χ0n) is 16.2. The number of hydrogen-bond acceptors (Lipinski definition) is 5. The van der Waals surface area contributed by atoms with Crippen LogP contribution in [0.3, 0.4) is 0 Å². The summed E-state index contributed by atoms with van der Waals surface area (Å²) in [6.45, 7) is 9.81. The SMILES string of the molecule is COCCn1cnnc1SCC(=O)Nc1c(C(C)C)cccc1C(C)C. The number of hydrogen-bond donors (Lipinski definition) is 1. The minimum absolute atomic E-state index is 0.0358. The molecule has 0 bridgehead atoms. The highest BCUT2D eigenvalue weighted by atomic mass is 32.2. The van der Waals surface area contributed by atoms with Crippen molar-refractivity contribution >= 4 is 23.4 Å². The van der Waals surface area contributed by atoms with Crippen LogP contribution < -0.4 is 5.32 Å². The summed E-state index contributed by atoms with van der Waals surface area (Å²) in [4.78, 5) is 12.6. The number of aromatic nitrogens is 3. The van der Waals surface area contributed by atoms with Crippen molar-refractivity contribution in [3.8, 4) is 0 Å². The first-order chi connectivity index (χ1) is 12.4. The smallest absolute Gasteiger partial charge is 0.234 e. The summed E-state index contributed by atoms with van der Waals surface area (Å²) in [5.74, 6) is 0.934. The molecule has 2 aromatic rings. The van der Waals surface area contributed by atoms with Crippen molar-refractivity contribution in [2.45, 2.75) is 51.2 Å². The zero-order chi connectivity index (χ0) is 19.1. The Balaban J connectivity index is 2.07. The molecule has 0 saturated carbocycles. The Morgan fingerprint density at radius 2 is 1.88 bits per heavy atom. The lowest BCUT2D eigenvalue weighted by atomic mass is 9.92. The number of anilines is 1. The van der Waals surface area contributed by atoms with E-state index in [-0.39, 0.29) is 11.7 Å². The number of rotatable bonds is 9. The number of benzene rings is 1. The van der Waals surface area contributed by atoms with Gasteiger partial charge in [0.25, 0.3) is 0 Å². The van der Waals surface area contributed by atoms with E-state index in [9.17, 15) is 4.79 Å². The molecule has 0 fully saturated rings. The van der Waals surface area contributed by atoms with E-state index in [2.05, 4.69) is 61.4 Å². The summed E-state index contributed by atoms with van der Waals surface area (Å²) in [6.07, 6.45) is 1.66. The Hall–Kier alpha value is -1.86. The highest BCUT2D eigenvalue weighted by molar-refractivity contribution is 7.99. The maximum atomic E-state index is 12.6. The molecule has 0 unspecified atom stereocenters. The third-order valence-corrected chi connectivity index (χ3v) is 5.07. The second-order valence-corrected chi connectivity index (χ2v) is 7.70. The molecular formula is C19H28N4O2S. The van der Waals surface area contributed by atoms with Crippen LogP contribution in [0.15, 0.2) is 29.7 Å². The van der Waals surface area contributed by atoms with Crippen LogP contribution in [-0.2, 0) is 16.1 Å². The highest BCUT2D eigenvalue weighted by Gasteiger charge is 2.16. The maximum absolute atomic E-state index is 12.6. The molecule has 0 atom stereocenters. The molecule has 0 aliphatic rings. The standard InChI is InChI=1S/C19H28N4O2S/c1-13(2)15-7-6-8-16(14(3)4)18(15)21-17(24)11-26-19-22-20-12-23(19)9-10-25-5/h6-8,12-14H,9-11H2,1-5H3,(H,21,24). The lowest BCUT2D eigenvalue weighted by Gasteiger charge is -2.20. The topological polar surface area (TPSA) is 69.0 Å². The van der Waals surface area contributed by atoms with Gasteiger partial charge in [-0.05, 0) is 23.0 Å². The van der Waals surface area contributed by atoms with Gasteiger partial charge in [-0.3, -0.25) is 4.79 Å². The van der Waals surface area contributed by atoms with Gasteiger partial charge in [0, 0.05) is 19.3 Å². The van der Waals surface area contributed by atoms with Gasteiger partial charge in [0.05, 0.1) is 12.4 Å². The fraction of sp³-hybridized carbons (Fsp3) is 0.526. The minimum Gasteiger partial charge on any atom is -0.383 e. The van der Waals surface area contributed by atoms with Gasteiger partial charge in [-0.2, -0.15) is 0 Å². The predicted molar refractivity (Wildman–Crippen MR) is 106 cm³/mol. The van der Waals surface area contributed by atoms with Crippen LogP contribution in [0.2, 0.25) is 0 Å². The second kappa shape index (κ2) is 9.73. The minimum atomic E-state index is -0.0358. The molecule has 1 heterocycles. The van der Waals surface area contributed by atoms with Crippen LogP contribution >= 0.6 is 11.8 Å². The summed E-state index contributed by atoms with van der Waals surface area (Å²) in [5, 5.41) is 11.8. The molecule has 2 rings (SSSR count). The Kier molecular flexibility index (Phi) is 7.66.